The molecule has 0 aliphatic heterocycles. The lowest BCUT2D eigenvalue weighted by Gasteiger charge is -2.07. The van der Waals surface area contributed by atoms with Crippen molar-refractivity contribution < 1.29 is 18.4 Å². The van der Waals surface area contributed by atoms with E-state index in [-0.39, 0.29) is 24.0 Å². The minimum atomic E-state index is -0.378. The van der Waals surface area contributed by atoms with Crippen molar-refractivity contribution >= 4 is 5.91 Å². The molecular formula is C16H19FN2O3. The van der Waals surface area contributed by atoms with Crippen molar-refractivity contribution in [1.82, 2.24) is 10.5 Å². The number of aromatic nitrogens is 1. The lowest BCUT2D eigenvalue weighted by molar-refractivity contribution is 0.0942. The maximum absolute atomic E-state index is 13.1. The van der Waals surface area contributed by atoms with Crippen molar-refractivity contribution in [2.24, 2.45) is 0 Å². The number of aryl methyl sites for hydroxylation is 1. The molecule has 1 amide bonds. The highest BCUT2D eigenvalue weighted by atomic mass is 19.1. The molecule has 0 fully saturated rings. The highest BCUT2D eigenvalue weighted by Crippen LogP contribution is 2.18. The number of nitrogens with zero attached hydrogens (tertiary/aromatic N) is 1. The fourth-order valence-electron chi connectivity index (χ4n) is 1.91. The largest absolute Gasteiger partial charge is 0.489 e. The fourth-order valence-corrected chi connectivity index (χ4v) is 1.91. The Labute approximate surface area is 128 Å². The standard InChI is InChI=1S/C16H19FN2O3/c1-3-4-8-18-16(20)15-14(11(2)22-19-15)10-21-13-7-5-6-12(17)9-13/h5-7,9H,3-4,8,10H2,1-2H3,(H,18,20). The maximum atomic E-state index is 13.1. The molecule has 0 bridgehead atoms. The van der Waals surface area contributed by atoms with Gasteiger partial charge in [0.1, 0.15) is 23.9 Å². The summed E-state index contributed by atoms with van der Waals surface area (Å²) in [7, 11) is 0. The zero-order chi connectivity index (χ0) is 15.9. The normalized spacial score (nSPS) is 10.5. The third kappa shape index (κ3) is 4.07. The van der Waals surface area contributed by atoms with Gasteiger partial charge in [0.25, 0.3) is 5.91 Å². The Morgan fingerprint density at radius 3 is 3.00 bits per heavy atom. The number of hydrogen-bond acceptors (Lipinski definition) is 4. The zero-order valence-electron chi connectivity index (χ0n) is 12.7. The summed E-state index contributed by atoms with van der Waals surface area (Å²) < 4.78 is 23.7. The number of carbonyl (C=O) groups is 1. The number of unbranched alkanes of at least 4 members (excludes halogenated alkanes) is 1. The number of amides is 1. The number of nitrogens with one attached hydrogen (secondary N) is 1. The summed E-state index contributed by atoms with van der Waals surface area (Å²) in [6.07, 6.45) is 1.89. The molecule has 0 aliphatic carbocycles. The van der Waals surface area contributed by atoms with Crippen LogP contribution in [0.15, 0.2) is 28.8 Å². The highest BCUT2D eigenvalue weighted by molar-refractivity contribution is 5.93. The quantitative estimate of drug-likeness (QED) is 0.798. The van der Waals surface area contributed by atoms with Crippen LogP contribution in [0, 0.1) is 12.7 Å². The molecule has 6 heteroatoms. The summed E-state index contributed by atoms with van der Waals surface area (Å²) in [6.45, 7) is 4.44. The molecule has 1 aromatic carbocycles. The number of rotatable bonds is 7. The van der Waals surface area contributed by atoms with E-state index in [9.17, 15) is 9.18 Å². The Kier molecular flexibility index (Phi) is 5.52. The number of hydrogen-bond donors (Lipinski definition) is 1. The van der Waals surface area contributed by atoms with Crippen LogP contribution < -0.4 is 10.1 Å². The number of halogens is 1. The summed E-state index contributed by atoms with van der Waals surface area (Å²) in [6, 6.07) is 5.82. The first-order valence-corrected chi connectivity index (χ1v) is 7.23. The van der Waals surface area contributed by atoms with E-state index < -0.39 is 0 Å². The lowest BCUT2D eigenvalue weighted by atomic mass is 10.2. The van der Waals surface area contributed by atoms with Gasteiger partial charge in [-0.1, -0.05) is 24.6 Å². The van der Waals surface area contributed by atoms with Crippen LogP contribution in [0.5, 0.6) is 5.75 Å². The lowest BCUT2D eigenvalue weighted by Crippen LogP contribution is -2.26. The van der Waals surface area contributed by atoms with E-state index >= 15 is 0 Å². The molecule has 118 valence electrons. The van der Waals surface area contributed by atoms with Gasteiger partial charge >= 0.3 is 0 Å². The van der Waals surface area contributed by atoms with E-state index in [1.165, 1.54) is 12.1 Å². The van der Waals surface area contributed by atoms with Crippen molar-refractivity contribution in [3.05, 3.63) is 47.1 Å². The summed E-state index contributed by atoms with van der Waals surface area (Å²) >= 11 is 0. The van der Waals surface area contributed by atoms with Crippen molar-refractivity contribution in [2.75, 3.05) is 6.54 Å². The SMILES string of the molecule is CCCCNC(=O)c1noc(C)c1COc1cccc(F)c1. The van der Waals surface area contributed by atoms with Crippen molar-refractivity contribution in [3.63, 3.8) is 0 Å². The molecule has 0 aliphatic rings. The van der Waals surface area contributed by atoms with Crippen LogP contribution in [0.25, 0.3) is 0 Å². The Balaban J connectivity index is 2.04. The minimum Gasteiger partial charge on any atom is -0.489 e. The molecular weight excluding hydrogens is 287 g/mol. The molecule has 2 aromatic rings. The second-order valence-corrected chi connectivity index (χ2v) is 4.92. The van der Waals surface area contributed by atoms with Gasteiger partial charge in [0, 0.05) is 12.6 Å². The summed E-state index contributed by atoms with van der Waals surface area (Å²) in [5.74, 6) is 0.232. The fraction of sp³-hybridized carbons (Fsp3) is 0.375. The third-order valence-electron chi connectivity index (χ3n) is 3.19. The van der Waals surface area contributed by atoms with Crippen LogP contribution in [0.4, 0.5) is 4.39 Å². The van der Waals surface area contributed by atoms with Crippen LogP contribution in [0.1, 0.15) is 41.6 Å². The number of benzene rings is 1. The van der Waals surface area contributed by atoms with Crippen LogP contribution >= 0.6 is 0 Å². The van der Waals surface area contributed by atoms with Crippen molar-refractivity contribution in [2.45, 2.75) is 33.3 Å². The van der Waals surface area contributed by atoms with Crippen molar-refractivity contribution in [1.29, 1.82) is 0 Å². The van der Waals surface area contributed by atoms with Crippen LogP contribution in [0.2, 0.25) is 0 Å². The zero-order valence-corrected chi connectivity index (χ0v) is 12.7. The van der Waals surface area contributed by atoms with E-state index in [4.69, 9.17) is 9.26 Å². The van der Waals surface area contributed by atoms with Crippen LogP contribution in [-0.2, 0) is 6.61 Å². The topological polar surface area (TPSA) is 64.4 Å². The van der Waals surface area contributed by atoms with Gasteiger partial charge in [-0.05, 0) is 25.5 Å². The summed E-state index contributed by atoms with van der Waals surface area (Å²) in [5, 5.41) is 6.57. The molecule has 0 saturated heterocycles. The Morgan fingerprint density at radius 2 is 2.27 bits per heavy atom. The smallest absolute Gasteiger partial charge is 0.273 e. The van der Waals surface area contributed by atoms with Gasteiger partial charge in [-0.2, -0.15) is 0 Å². The number of carbonyl (C=O) groups excluding carboxylic acids is 1. The molecule has 0 unspecified atom stereocenters. The molecule has 0 spiro atoms. The Bertz CT molecular complexity index is 640. The first-order chi connectivity index (χ1) is 10.6. The van der Waals surface area contributed by atoms with E-state index in [0.717, 1.165) is 12.8 Å². The van der Waals surface area contributed by atoms with Gasteiger partial charge in [0.05, 0.1) is 5.56 Å². The van der Waals surface area contributed by atoms with Crippen LogP contribution in [0.3, 0.4) is 0 Å². The molecule has 0 radical (unpaired) electrons. The van der Waals surface area contributed by atoms with Gasteiger partial charge in [0.15, 0.2) is 5.69 Å². The summed E-state index contributed by atoms with van der Waals surface area (Å²) in [5.41, 5.74) is 0.781. The van der Waals surface area contributed by atoms with E-state index in [0.29, 0.717) is 23.6 Å². The maximum Gasteiger partial charge on any atom is 0.273 e. The summed E-state index contributed by atoms with van der Waals surface area (Å²) in [4.78, 5) is 12.1. The molecule has 2 rings (SSSR count). The highest BCUT2D eigenvalue weighted by Gasteiger charge is 2.20. The van der Waals surface area contributed by atoms with Crippen LogP contribution in [-0.4, -0.2) is 17.6 Å². The molecule has 1 N–H and O–H groups in total. The van der Waals surface area contributed by atoms with Gasteiger partial charge in [-0.25, -0.2) is 4.39 Å². The van der Waals surface area contributed by atoms with Gasteiger partial charge in [0.2, 0.25) is 0 Å². The van der Waals surface area contributed by atoms with E-state index in [2.05, 4.69) is 10.5 Å². The molecule has 1 aromatic heterocycles. The Hall–Kier alpha value is -2.37. The second kappa shape index (κ2) is 7.59. The van der Waals surface area contributed by atoms with Gasteiger partial charge < -0.3 is 14.6 Å². The van der Waals surface area contributed by atoms with Crippen molar-refractivity contribution in [3.8, 4) is 5.75 Å². The second-order valence-electron chi connectivity index (χ2n) is 4.92. The minimum absolute atomic E-state index is 0.0926. The first kappa shape index (κ1) is 16.0. The molecule has 1 heterocycles. The molecule has 0 atom stereocenters. The monoisotopic (exact) mass is 306 g/mol. The predicted molar refractivity (Wildman–Crippen MR) is 79.2 cm³/mol. The molecule has 0 saturated carbocycles. The average molecular weight is 306 g/mol. The first-order valence-electron chi connectivity index (χ1n) is 7.23. The number of ether oxygens (including phenoxy) is 1. The molecule has 5 nitrogen and oxygen atoms in total. The van der Waals surface area contributed by atoms with E-state index in [1.807, 2.05) is 6.92 Å². The Morgan fingerprint density at radius 1 is 1.45 bits per heavy atom. The molecule has 22 heavy (non-hydrogen) atoms. The van der Waals surface area contributed by atoms with Gasteiger partial charge in [-0.3, -0.25) is 4.79 Å². The third-order valence-corrected chi connectivity index (χ3v) is 3.19. The predicted octanol–water partition coefficient (Wildman–Crippen LogP) is 3.23. The van der Waals surface area contributed by atoms with E-state index in [1.54, 1.807) is 19.1 Å². The van der Waals surface area contributed by atoms with Gasteiger partial charge in [-0.15, -0.1) is 0 Å². The average Bonchev–Trinajstić information content (AvgIpc) is 2.86.